The summed E-state index contributed by atoms with van der Waals surface area (Å²) in [5, 5.41) is 6.11. The van der Waals surface area contributed by atoms with Crippen molar-refractivity contribution in [3.8, 4) is 0 Å². The second-order valence-corrected chi connectivity index (χ2v) is 5.96. The first-order chi connectivity index (χ1) is 11.7. The third-order valence-corrected chi connectivity index (χ3v) is 4.12. The molecular formula is C17H24ClN3O4. The summed E-state index contributed by atoms with van der Waals surface area (Å²) in [7, 11) is 0. The maximum atomic E-state index is 12.5. The third kappa shape index (κ3) is 5.67. The molecule has 2 heterocycles. The Bertz CT molecular complexity index is 587. The average molecular weight is 370 g/mol. The standard InChI is InChI=1S/C17H23N3O4.ClH/c21-16(11-15-12-24-7-4-18-15)19-14-3-1-2-13(10-14)17(22)20-5-8-23-9-6-20;/h1-3,10,15,18H,4-9,11-12H2,(H,19,21);1H. The van der Waals surface area contributed by atoms with Crippen molar-refractivity contribution in [1.29, 1.82) is 0 Å². The lowest BCUT2D eigenvalue weighted by atomic mass is 10.1. The van der Waals surface area contributed by atoms with E-state index in [9.17, 15) is 9.59 Å². The van der Waals surface area contributed by atoms with Gasteiger partial charge in [0.25, 0.3) is 5.91 Å². The summed E-state index contributed by atoms with van der Waals surface area (Å²) < 4.78 is 10.6. The van der Waals surface area contributed by atoms with Crippen molar-refractivity contribution >= 4 is 29.9 Å². The van der Waals surface area contributed by atoms with Gasteiger partial charge in [0.2, 0.25) is 5.91 Å². The van der Waals surface area contributed by atoms with Crippen LogP contribution in [-0.2, 0) is 14.3 Å². The van der Waals surface area contributed by atoms with Crippen LogP contribution in [0.25, 0.3) is 0 Å². The molecule has 2 amide bonds. The molecule has 2 aliphatic rings. The molecule has 2 saturated heterocycles. The predicted molar refractivity (Wildman–Crippen MR) is 96.3 cm³/mol. The summed E-state index contributed by atoms with van der Waals surface area (Å²) in [6, 6.07) is 7.10. The fraction of sp³-hybridized carbons (Fsp3) is 0.529. The van der Waals surface area contributed by atoms with Gasteiger partial charge in [-0.1, -0.05) is 6.07 Å². The molecule has 1 unspecified atom stereocenters. The second kappa shape index (κ2) is 9.72. The Morgan fingerprint density at radius 3 is 2.72 bits per heavy atom. The number of morpholine rings is 2. The van der Waals surface area contributed by atoms with E-state index in [0.29, 0.717) is 57.2 Å². The molecule has 138 valence electrons. The number of benzene rings is 1. The van der Waals surface area contributed by atoms with Gasteiger partial charge in [0.15, 0.2) is 0 Å². The van der Waals surface area contributed by atoms with Crippen LogP contribution in [0.4, 0.5) is 5.69 Å². The first-order valence-corrected chi connectivity index (χ1v) is 8.30. The van der Waals surface area contributed by atoms with Gasteiger partial charge in [-0.2, -0.15) is 0 Å². The van der Waals surface area contributed by atoms with Gasteiger partial charge in [-0.3, -0.25) is 9.59 Å². The summed E-state index contributed by atoms with van der Waals surface area (Å²) in [6.45, 7) is 4.33. The van der Waals surface area contributed by atoms with Crippen molar-refractivity contribution in [2.45, 2.75) is 12.5 Å². The highest BCUT2D eigenvalue weighted by Gasteiger charge is 2.20. The monoisotopic (exact) mass is 369 g/mol. The van der Waals surface area contributed by atoms with E-state index < -0.39 is 0 Å². The average Bonchev–Trinajstić information content (AvgIpc) is 2.63. The van der Waals surface area contributed by atoms with Crippen LogP contribution in [-0.4, -0.2) is 68.8 Å². The van der Waals surface area contributed by atoms with E-state index in [-0.39, 0.29) is 30.3 Å². The van der Waals surface area contributed by atoms with Gasteiger partial charge in [-0.25, -0.2) is 0 Å². The summed E-state index contributed by atoms with van der Waals surface area (Å²) in [4.78, 5) is 26.4. The van der Waals surface area contributed by atoms with Gasteiger partial charge < -0.3 is 25.0 Å². The lowest BCUT2D eigenvalue weighted by Crippen LogP contribution is -2.43. The number of amides is 2. The fourth-order valence-electron chi connectivity index (χ4n) is 2.87. The van der Waals surface area contributed by atoms with E-state index in [0.717, 1.165) is 6.54 Å². The van der Waals surface area contributed by atoms with Gasteiger partial charge >= 0.3 is 0 Å². The van der Waals surface area contributed by atoms with E-state index >= 15 is 0 Å². The van der Waals surface area contributed by atoms with Gasteiger partial charge in [0.05, 0.1) is 26.4 Å². The van der Waals surface area contributed by atoms with Gasteiger partial charge in [0.1, 0.15) is 0 Å². The van der Waals surface area contributed by atoms with E-state index in [2.05, 4.69) is 10.6 Å². The molecule has 1 aromatic rings. The number of carbonyl (C=O) groups is 2. The highest BCUT2D eigenvalue weighted by molar-refractivity contribution is 5.97. The Labute approximate surface area is 153 Å². The van der Waals surface area contributed by atoms with E-state index in [1.54, 1.807) is 29.2 Å². The highest BCUT2D eigenvalue weighted by atomic mass is 35.5. The minimum absolute atomic E-state index is 0. The van der Waals surface area contributed by atoms with Crippen LogP contribution in [0.5, 0.6) is 0 Å². The first kappa shape index (κ1) is 19.7. The summed E-state index contributed by atoms with van der Waals surface area (Å²) in [5.74, 6) is -0.120. The van der Waals surface area contributed by atoms with Crippen molar-refractivity contribution < 1.29 is 19.1 Å². The minimum atomic E-state index is -0.0889. The van der Waals surface area contributed by atoms with Gasteiger partial charge in [-0.15, -0.1) is 12.4 Å². The summed E-state index contributed by atoms with van der Waals surface area (Å²) in [5.41, 5.74) is 1.21. The number of hydrogen-bond donors (Lipinski definition) is 2. The molecule has 2 aliphatic heterocycles. The maximum absolute atomic E-state index is 12.5. The number of rotatable bonds is 4. The zero-order valence-corrected chi connectivity index (χ0v) is 14.8. The van der Waals surface area contributed by atoms with Crippen LogP contribution >= 0.6 is 12.4 Å². The largest absolute Gasteiger partial charge is 0.378 e. The van der Waals surface area contributed by atoms with Crippen molar-refractivity contribution in [1.82, 2.24) is 10.2 Å². The van der Waals surface area contributed by atoms with Crippen LogP contribution < -0.4 is 10.6 Å². The second-order valence-electron chi connectivity index (χ2n) is 5.96. The molecule has 2 fully saturated rings. The minimum Gasteiger partial charge on any atom is -0.378 e. The SMILES string of the molecule is Cl.O=C(CC1COCCN1)Nc1cccc(C(=O)N2CCOCC2)c1. The third-order valence-electron chi connectivity index (χ3n) is 4.12. The lowest BCUT2D eigenvalue weighted by Gasteiger charge is -2.27. The number of halogens is 1. The van der Waals surface area contributed by atoms with Gasteiger partial charge in [0, 0.05) is 43.3 Å². The fourth-order valence-corrected chi connectivity index (χ4v) is 2.87. The molecule has 3 rings (SSSR count). The molecule has 0 aliphatic carbocycles. The quantitative estimate of drug-likeness (QED) is 0.824. The smallest absolute Gasteiger partial charge is 0.254 e. The molecule has 1 atom stereocenters. The number of hydrogen-bond acceptors (Lipinski definition) is 5. The number of nitrogens with one attached hydrogen (secondary N) is 2. The first-order valence-electron chi connectivity index (χ1n) is 8.30. The topological polar surface area (TPSA) is 79.9 Å². The Morgan fingerprint density at radius 1 is 1.20 bits per heavy atom. The number of ether oxygens (including phenoxy) is 2. The molecule has 0 bridgehead atoms. The van der Waals surface area contributed by atoms with Crippen LogP contribution in [0.2, 0.25) is 0 Å². The van der Waals surface area contributed by atoms with Crippen LogP contribution in [0.15, 0.2) is 24.3 Å². The molecular weight excluding hydrogens is 346 g/mol. The Kier molecular flexibility index (Phi) is 7.64. The van der Waals surface area contributed by atoms with E-state index in [4.69, 9.17) is 9.47 Å². The van der Waals surface area contributed by atoms with Crippen LogP contribution in [0.1, 0.15) is 16.8 Å². The Balaban J connectivity index is 0.00000225. The molecule has 8 heteroatoms. The molecule has 0 aromatic heterocycles. The normalized spacial score (nSPS) is 20.5. The van der Waals surface area contributed by atoms with Crippen molar-refractivity contribution in [2.75, 3.05) is 51.4 Å². The number of nitrogens with zero attached hydrogens (tertiary/aromatic N) is 1. The zero-order valence-electron chi connectivity index (χ0n) is 14.0. The highest BCUT2D eigenvalue weighted by Crippen LogP contribution is 2.14. The van der Waals surface area contributed by atoms with Crippen molar-refractivity contribution in [2.24, 2.45) is 0 Å². The molecule has 1 aromatic carbocycles. The number of anilines is 1. The molecule has 25 heavy (non-hydrogen) atoms. The summed E-state index contributed by atoms with van der Waals surface area (Å²) in [6.07, 6.45) is 0.349. The molecule has 7 nitrogen and oxygen atoms in total. The molecule has 0 saturated carbocycles. The zero-order chi connectivity index (χ0) is 16.8. The van der Waals surface area contributed by atoms with Crippen molar-refractivity contribution in [3.05, 3.63) is 29.8 Å². The van der Waals surface area contributed by atoms with E-state index in [1.807, 2.05) is 0 Å². The summed E-state index contributed by atoms with van der Waals surface area (Å²) >= 11 is 0. The predicted octanol–water partition coefficient (Wildman–Crippen LogP) is 0.898. The maximum Gasteiger partial charge on any atom is 0.254 e. The Morgan fingerprint density at radius 2 is 2.00 bits per heavy atom. The number of carbonyl (C=O) groups excluding carboxylic acids is 2. The molecule has 0 radical (unpaired) electrons. The van der Waals surface area contributed by atoms with Gasteiger partial charge in [-0.05, 0) is 18.2 Å². The Hall–Kier alpha value is -1.67. The molecule has 2 N–H and O–H groups in total. The van der Waals surface area contributed by atoms with Crippen LogP contribution in [0.3, 0.4) is 0 Å². The van der Waals surface area contributed by atoms with E-state index in [1.165, 1.54) is 0 Å². The molecule has 0 spiro atoms. The van der Waals surface area contributed by atoms with Crippen molar-refractivity contribution in [3.63, 3.8) is 0 Å². The van der Waals surface area contributed by atoms with Crippen LogP contribution in [0, 0.1) is 0 Å². The lowest BCUT2D eigenvalue weighted by molar-refractivity contribution is -0.117.